The molecular formula is C8H15ClN2O. The Labute approximate surface area is 78.3 Å². The molecule has 0 aromatic rings. The molecule has 0 N–H and O–H groups in total. The van der Waals surface area contributed by atoms with Gasteiger partial charge in [0.25, 0.3) is 0 Å². The Bertz CT molecular complexity index is 193. The summed E-state index contributed by atoms with van der Waals surface area (Å²) >= 11 is 5.40. The van der Waals surface area contributed by atoms with Crippen LogP contribution in [-0.4, -0.2) is 47.4 Å². The molecule has 1 aliphatic rings. The molecule has 70 valence electrons. The summed E-state index contributed by atoms with van der Waals surface area (Å²) in [4.78, 5) is 14.8. The van der Waals surface area contributed by atoms with E-state index in [1.807, 2.05) is 0 Å². The summed E-state index contributed by atoms with van der Waals surface area (Å²) in [5.41, 5.74) is 0.0444. The van der Waals surface area contributed by atoms with Crippen LogP contribution in [0.4, 0.5) is 4.79 Å². The smallest absolute Gasteiger partial charge is 0.316 e. The van der Waals surface area contributed by atoms with Gasteiger partial charge >= 0.3 is 5.37 Å². The molecule has 0 aromatic carbocycles. The summed E-state index contributed by atoms with van der Waals surface area (Å²) in [7, 11) is 2.07. The minimum atomic E-state index is -0.337. The average Bonchev–Trinajstić information content (AvgIpc) is 1.94. The third-order valence-electron chi connectivity index (χ3n) is 2.57. The molecule has 0 unspecified atom stereocenters. The molecule has 4 heteroatoms. The Balaban J connectivity index is 2.63. The maximum Gasteiger partial charge on any atom is 0.316 e. The quantitative estimate of drug-likeness (QED) is 0.426. The molecule has 0 atom stereocenters. The van der Waals surface area contributed by atoms with Gasteiger partial charge in [-0.25, -0.2) is 0 Å². The van der Waals surface area contributed by atoms with Gasteiger partial charge in [-0.2, -0.15) is 0 Å². The lowest BCUT2D eigenvalue weighted by molar-refractivity contribution is 0.0637. The standard InChI is InChI=1S/C8H15ClN2O/c1-8(2)6-11(7(9)12)5-4-10(8)3/h4-6H2,1-3H3. The molecule has 12 heavy (non-hydrogen) atoms. The number of carbonyl (C=O) groups is 1. The van der Waals surface area contributed by atoms with Gasteiger partial charge in [-0.1, -0.05) is 0 Å². The zero-order valence-electron chi connectivity index (χ0n) is 7.80. The topological polar surface area (TPSA) is 23.6 Å². The Morgan fingerprint density at radius 3 is 2.42 bits per heavy atom. The average molecular weight is 191 g/mol. The summed E-state index contributed by atoms with van der Waals surface area (Å²) in [6, 6.07) is 0. The summed E-state index contributed by atoms with van der Waals surface area (Å²) < 4.78 is 0. The van der Waals surface area contributed by atoms with E-state index in [1.54, 1.807) is 4.90 Å². The molecular weight excluding hydrogens is 176 g/mol. The molecule has 0 bridgehead atoms. The van der Waals surface area contributed by atoms with Crippen molar-refractivity contribution in [1.82, 2.24) is 9.80 Å². The second-order valence-corrected chi connectivity index (χ2v) is 4.23. The fraction of sp³-hybridized carbons (Fsp3) is 0.875. The Morgan fingerprint density at radius 1 is 1.42 bits per heavy atom. The van der Waals surface area contributed by atoms with Crippen molar-refractivity contribution in [2.75, 3.05) is 26.7 Å². The number of halogens is 1. The highest BCUT2D eigenvalue weighted by molar-refractivity contribution is 6.62. The van der Waals surface area contributed by atoms with Crippen LogP contribution in [0.15, 0.2) is 0 Å². The maximum absolute atomic E-state index is 10.9. The third-order valence-corrected chi connectivity index (χ3v) is 2.80. The molecule has 3 nitrogen and oxygen atoms in total. The number of carbonyl (C=O) groups excluding carboxylic acids is 1. The summed E-state index contributed by atoms with van der Waals surface area (Å²) in [6.07, 6.45) is 0. The molecule has 0 saturated carbocycles. The Kier molecular flexibility index (Phi) is 2.64. The first-order valence-corrected chi connectivity index (χ1v) is 4.47. The van der Waals surface area contributed by atoms with E-state index in [2.05, 4.69) is 25.8 Å². The highest BCUT2D eigenvalue weighted by atomic mass is 35.5. The maximum atomic E-state index is 10.9. The Hall–Kier alpha value is -0.280. The SMILES string of the molecule is CN1CCN(C(=O)Cl)CC1(C)C. The molecule has 0 radical (unpaired) electrons. The lowest BCUT2D eigenvalue weighted by Crippen LogP contribution is -2.58. The number of rotatable bonds is 0. The zero-order valence-corrected chi connectivity index (χ0v) is 8.56. The van der Waals surface area contributed by atoms with Gasteiger partial charge in [0, 0.05) is 25.2 Å². The molecule has 0 spiro atoms. The molecule has 1 amide bonds. The lowest BCUT2D eigenvalue weighted by atomic mass is 10.0. The number of piperazine rings is 1. The van der Waals surface area contributed by atoms with E-state index in [9.17, 15) is 4.79 Å². The second kappa shape index (κ2) is 3.23. The molecule has 1 fully saturated rings. The van der Waals surface area contributed by atoms with Crippen LogP contribution in [0.25, 0.3) is 0 Å². The van der Waals surface area contributed by atoms with E-state index in [1.165, 1.54) is 0 Å². The van der Waals surface area contributed by atoms with Crippen molar-refractivity contribution in [1.29, 1.82) is 0 Å². The van der Waals surface area contributed by atoms with Crippen LogP contribution in [0.1, 0.15) is 13.8 Å². The predicted octanol–water partition coefficient (Wildman–Crippen LogP) is 1.37. The molecule has 1 aliphatic heterocycles. The van der Waals surface area contributed by atoms with Gasteiger partial charge in [0.15, 0.2) is 0 Å². The monoisotopic (exact) mass is 190 g/mol. The number of nitrogens with zero attached hydrogens (tertiary/aromatic N) is 2. The van der Waals surface area contributed by atoms with Crippen LogP contribution in [0.2, 0.25) is 0 Å². The fourth-order valence-corrected chi connectivity index (χ4v) is 1.53. The van der Waals surface area contributed by atoms with Gasteiger partial charge in [0.05, 0.1) is 0 Å². The van der Waals surface area contributed by atoms with Gasteiger partial charge in [0.1, 0.15) is 0 Å². The number of likely N-dealkylation sites (N-methyl/N-ethyl adjacent to an activating group) is 1. The van der Waals surface area contributed by atoms with Crippen molar-refractivity contribution >= 4 is 17.0 Å². The molecule has 0 aromatic heterocycles. The third kappa shape index (κ3) is 1.90. The first-order chi connectivity index (χ1) is 5.43. The van der Waals surface area contributed by atoms with Crippen molar-refractivity contribution in [2.24, 2.45) is 0 Å². The van der Waals surface area contributed by atoms with E-state index < -0.39 is 0 Å². The predicted molar refractivity (Wildman–Crippen MR) is 49.5 cm³/mol. The minimum absolute atomic E-state index is 0.0444. The van der Waals surface area contributed by atoms with Crippen LogP contribution in [0.3, 0.4) is 0 Å². The fourth-order valence-electron chi connectivity index (χ4n) is 1.39. The first-order valence-electron chi connectivity index (χ1n) is 4.09. The van der Waals surface area contributed by atoms with E-state index in [4.69, 9.17) is 11.6 Å². The minimum Gasteiger partial charge on any atom is -0.326 e. The van der Waals surface area contributed by atoms with Gasteiger partial charge in [-0.3, -0.25) is 9.69 Å². The van der Waals surface area contributed by atoms with Crippen LogP contribution in [0.5, 0.6) is 0 Å². The zero-order chi connectivity index (χ0) is 9.35. The molecule has 1 saturated heterocycles. The number of hydrogen-bond acceptors (Lipinski definition) is 2. The van der Waals surface area contributed by atoms with Gasteiger partial charge in [-0.15, -0.1) is 0 Å². The lowest BCUT2D eigenvalue weighted by Gasteiger charge is -2.44. The van der Waals surface area contributed by atoms with E-state index in [0.717, 1.165) is 13.1 Å². The van der Waals surface area contributed by atoms with E-state index >= 15 is 0 Å². The summed E-state index contributed by atoms with van der Waals surface area (Å²) in [5.74, 6) is 0. The highest BCUT2D eigenvalue weighted by Gasteiger charge is 2.32. The Morgan fingerprint density at radius 2 is 2.00 bits per heavy atom. The van der Waals surface area contributed by atoms with Crippen LogP contribution in [-0.2, 0) is 0 Å². The highest BCUT2D eigenvalue weighted by Crippen LogP contribution is 2.19. The molecule has 1 heterocycles. The van der Waals surface area contributed by atoms with Crippen LogP contribution in [0, 0.1) is 0 Å². The number of hydrogen-bond donors (Lipinski definition) is 0. The van der Waals surface area contributed by atoms with Gasteiger partial charge in [0.2, 0.25) is 0 Å². The molecule has 0 aliphatic carbocycles. The van der Waals surface area contributed by atoms with Crippen molar-refractivity contribution in [2.45, 2.75) is 19.4 Å². The van der Waals surface area contributed by atoms with Crippen molar-refractivity contribution in [3.63, 3.8) is 0 Å². The second-order valence-electron chi connectivity index (χ2n) is 3.91. The van der Waals surface area contributed by atoms with Crippen LogP contribution < -0.4 is 0 Å². The molecule has 1 rings (SSSR count). The van der Waals surface area contributed by atoms with Gasteiger partial charge < -0.3 is 4.90 Å². The summed E-state index contributed by atoms with van der Waals surface area (Å²) in [5, 5.41) is -0.337. The number of amides is 1. The first kappa shape index (κ1) is 9.81. The van der Waals surface area contributed by atoms with E-state index in [0.29, 0.717) is 6.54 Å². The largest absolute Gasteiger partial charge is 0.326 e. The summed E-state index contributed by atoms with van der Waals surface area (Å²) in [6.45, 7) is 6.57. The van der Waals surface area contributed by atoms with Crippen molar-refractivity contribution in [3.05, 3.63) is 0 Å². The van der Waals surface area contributed by atoms with E-state index in [-0.39, 0.29) is 10.9 Å². The van der Waals surface area contributed by atoms with Gasteiger partial charge in [-0.05, 0) is 32.5 Å². The van der Waals surface area contributed by atoms with Crippen LogP contribution >= 0.6 is 11.6 Å². The van der Waals surface area contributed by atoms with Crippen molar-refractivity contribution in [3.8, 4) is 0 Å². The van der Waals surface area contributed by atoms with Crippen molar-refractivity contribution < 1.29 is 4.79 Å². The normalized spacial score (nSPS) is 24.2.